The van der Waals surface area contributed by atoms with Gasteiger partial charge in [0.2, 0.25) is 10.0 Å². The molecule has 0 spiro atoms. The Kier molecular flexibility index (Phi) is 7.50. The number of carbonyl (C=O) groups excluding carboxylic acids is 1. The molecule has 0 unspecified atom stereocenters. The van der Waals surface area contributed by atoms with Gasteiger partial charge >= 0.3 is 0 Å². The van der Waals surface area contributed by atoms with Crippen LogP contribution in [0.25, 0.3) is 0 Å². The number of ether oxygens (including phenoxy) is 2. The van der Waals surface area contributed by atoms with Gasteiger partial charge in [0, 0.05) is 18.7 Å². The van der Waals surface area contributed by atoms with Crippen molar-refractivity contribution in [3.8, 4) is 17.2 Å². The quantitative estimate of drug-likeness (QED) is 0.503. The average Bonchev–Trinajstić information content (AvgIpc) is 2.81. The standard InChI is InChI=1S/C24H26N2O5S/c1-4-26(5-2)32(28,29)21-14-15-23(31-19-11-7-6-8-12-19)22(17-21)25-24(27)18-10-9-13-20(16-18)30-3/h6-17H,4-5H2,1-3H3,(H,25,27). The van der Waals surface area contributed by atoms with Gasteiger partial charge in [-0.25, -0.2) is 8.42 Å². The summed E-state index contributed by atoms with van der Waals surface area (Å²) in [5.74, 6) is 1.00. The molecule has 0 atom stereocenters. The topological polar surface area (TPSA) is 84.9 Å². The molecule has 0 radical (unpaired) electrons. The van der Waals surface area contributed by atoms with Crippen LogP contribution in [0, 0.1) is 0 Å². The van der Waals surface area contributed by atoms with Gasteiger partial charge in [-0.05, 0) is 48.5 Å². The highest BCUT2D eigenvalue weighted by Crippen LogP contribution is 2.33. The van der Waals surface area contributed by atoms with Gasteiger partial charge in [-0.15, -0.1) is 0 Å². The van der Waals surface area contributed by atoms with Crippen LogP contribution in [0.4, 0.5) is 5.69 Å². The van der Waals surface area contributed by atoms with Crippen molar-refractivity contribution in [2.24, 2.45) is 0 Å². The molecule has 0 aliphatic heterocycles. The third kappa shape index (κ3) is 5.27. The Balaban J connectivity index is 2.01. The number of rotatable bonds is 9. The normalized spacial score (nSPS) is 11.2. The number of nitrogens with one attached hydrogen (secondary N) is 1. The highest BCUT2D eigenvalue weighted by molar-refractivity contribution is 7.89. The Labute approximate surface area is 188 Å². The van der Waals surface area contributed by atoms with Crippen LogP contribution in [0.2, 0.25) is 0 Å². The highest BCUT2D eigenvalue weighted by atomic mass is 32.2. The summed E-state index contributed by atoms with van der Waals surface area (Å²) in [5.41, 5.74) is 0.613. The Hall–Kier alpha value is -3.36. The number of para-hydroxylation sites is 1. The van der Waals surface area contributed by atoms with Crippen molar-refractivity contribution in [2.45, 2.75) is 18.7 Å². The van der Waals surface area contributed by atoms with E-state index in [1.54, 1.807) is 56.3 Å². The second-order valence-electron chi connectivity index (χ2n) is 6.85. The summed E-state index contributed by atoms with van der Waals surface area (Å²) in [7, 11) is -2.20. The number of methoxy groups -OCH3 is 1. The van der Waals surface area contributed by atoms with Gasteiger partial charge in [0.25, 0.3) is 5.91 Å². The van der Waals surface area contributed by atoms with Crippen molar-refractivity contribution < 1.29 is 22.7 Å². The van der Waals surface area contributed by atoms with E-state index in [0.717, 1.165) is 0 Å². The van der Waals surface area contributed by atoms with E-state index in [4.69, 9.17) is 9.47 Å². The molecular formula is C24H26N2O5S. The van der Waals surface area contributed by atoms with Gasteiger partial charge in [0.15, 0.2) is 5.75 Å². The molecule has 3 aromatic rings. The molecule has 0 bridgehead atoms. The first-order valence-electron chi connectivity index (χ1n) is 10.2. The van der Waals surface area contributed by atoms with Crippen molar-refractivity contribution >= 4 is 21.6 Å². The fourth-order valence-electron chi connectivity index (χ4n) is 3.14. The van der Waals surface area contributed by atoms with Crippen LogP contribution >= 0.6 is 0 Å². The number of amides is 1. The first kappa shape index (κ1) is 23.3. The maximum absolute atomic E-state index is 13.0. The van der Waals surface area contributed by atoms with Gasteiger partial charge in [0.05, 0.1) is 17.7 Å². The van der Waals surface area contributed by atoms with Gasteiger partial charge < -0.3 is 14.8 Å². The fraction of sp³-hybridized carbons (Fsp3) is 0.208. The van der Waals surface area contributed by atoms with Crippen LogP contribution in [0.1, 0.15) is 24.2 Å². The third-order valence-electron chi connectivity index (χ3n) is 4.85. The highest BCUT2D eigenvalue weighted by Gasteiger charge is 2.24. The molecule has 32 heavy (non-hydrogen) atoms. The first-order chi connectivity index (χ1) is 15.4. The molecule has 8 heteroatoms. The van der Waals surface area contributed by atoms with Crippen molar-refractivity contribution in [2.75, 3.05) is 25.5 Å². The molecule has 0 heterocycles. The zero-order chi connectivity index (χ0) is 23.1. The van der Waals surface area contributed by atoms with E-state index in [2.05, 4.69) is 5.32 Å². The first-order valence-corrected chi connectivity index (χ1v) is 11.7. The summed E-state index contributed by atoms with van der Waals surface area (Å²) in [4.78, 5) is 13.0. The Morgan fingerprint density at radius 2 is 1.59 bits per heavy atom. The lowest BCUT2D eigenvalue weighted by molar-refractivity contribution is 0.102. The average molecular weight is 455 g/mol. The molecule has 0 aliphatic carbocycles. The van der Waals surface area contributed by atoms with Crippen molar-refractivity contribution in [1.82, 2.24) is 4.31 Å². The predicted molar refractivity (Wildman–Crippen MR) is 124 cm³/mol. The van der Waals surface area contributed by atoms with Crippen LogP contribution in [0.5, 0.6) is 17.2 Å². The van der Waals surface area contributed by atoms with E-state index < -0.39 is 15.9 Å². The number of hydrogen-bond donors (Lipinski definition) is 1. The number of hydrogen-bond acceptors (Lipinski definition) is 5. The molecule has 0 aliphatic rings. The maximum Gasteiger partial charge on any atom is 0.255 e. The summed E-state index contributed by atoms with van der Waals surface area (Å²) < 4.78 is 38.5. The van der Waals surface area contributed by atoms with Crippen molar-refractivity contribution in [3.05, 3.63) is 78.4 Å². The monoisotopic (exact) mass is 454 g/mol. The molecule has 0 fully saturated rings. The number of sulfonamides is 1. The summed E-state index contributed by atoms with van der Waals surface area (Å²) >= 11 is 0. The van der Waals surface area contributed by atoms with Crippen LogP contribution in [0.3, 0.4) is 0 Å². The van der Waals surface area contributed by atoms with Gasteiger partial charge in [0.1, 0.15) is 11.5 Å². The number of carbonyl (C=O) groups is 1. The Morgan fingerprint density at radius 3 is 2.25 bits per heavy atom. The molecule has 168 valence electrons. The van der Waals surface area contributed by atoms with Gasteiger partial charge in [-0.1, -0.05) is 38.1 Å². The van der Waals surface area contributed by atoms with Gasteiger partial charge in [-0.3, -0.25) is 4.79 Å². The molecule has 0 saturated heterocycles. The fourth-order valence-corrected chi connectivity index (χ4v) is 4.63. The molecule has 7 nitrogen and oxygen atoms in total. The molecule has 0 aromatic heterocycles. The minimum absolute atomic E-state index is 0.0718. The van der Waals surface area contributed by atoms with E-state index in [1.165, 1.54) is 23.5 Å². The van der Waals surface area contributed by atoms with E-state index >= 15 is 0 Å². The van der Waals surface area contributed by atoms with Crippen LogP contribution < -0.4 is 14.8 Å². The number of benzene rings is 3. The van der Waals surface area contributed by atoms with Crippen LogP contribution in [0.15, 0.2) is 77.7 Å². The molecule has 0 saturated carbocycles. The predicted octanol–water partition coefficient (Wildman–Crippen LogP) is 4.77. The van der Waals surface area contributed by atoms with E-state index in [0.29, 0.717) is 35.9 Å². The Bertz CT molecular complexity index is 1180. The molecule has 3 rings (SSSR count). The smallest absolute Gasteiger partial charge is 0.255 e. The van der Waals surface area contributed by atoms with Crippen molar-refractivity contribution in [3.63, 3.8) is 0 Å². The largest absolute Gasteiger partial charge is 0.497 e. The molecule has 1 amide bonds. The minimum atomic E-state index is -3.72. The lowest BCUT2D eigenvalue weighted by Gasteiger charge is -2.20. The van der Waals surface area contributed by atoms with E-state index in [9.17, 15) is 13.2 Å². The molecule has 1 N–H and O–H groups in total. The second-order valence-corrected chi connectivity index (χ2v) is 8.79. The van der Waals surface area contributed by atoms with Crippen molar-refractivity contribution in [1.29, 1.82) is 0 Å². The molecular weight excluding hydrogens is 428 g/mol. The second kappa shape index (κ2) is 10.3. The van der Waals surface area contributed by atoms with Crippen LogP contribution in [-0.2, 0) is 10.0 Å². The summed E-state index contributed by atoms with van der Waals surface area (Å²) in [6, 6.07) is 20.2. The number of anilines is 1. The SMILES string of the molecule is CCN(CC)S(=O)(=O)c1ccc(Oc2ccccc2)c(NC(=O)c2cccc(OC)c2)c1. The summed E-state index contributed by atoms with van der Waals surface area (Å²) in [6.07, 6.45) is 0. The lowest BCUT2D eigenvalue weighted by Crippen LogP contribution is -2.30. The summed E-state index contributed by atoms with van der Waals surface area (Å²) in [5, 5.41) is 2.78. The van der Waals surface area contributed by atoms with Gasteiger partial charge in [-0.2, -0.15) is 4.31 Å². The van der Waals surface area contributed by atoms with E-state index in [1.807, 2.05) is 18.2 Å². The Morgan fingerprint density at radius 1 is 0.906 bits per heavy atom. The lowest BCUT2D eigenvalue weighted by atomic mass is 10.2. The molecule has 3 aromatic carbocycles. The third-order valence-corrected chi connectivity index (χ3v) is 6.89. The van der Waals surface area contributed by atoms with Crippen LogP contribution in [-0.4, -0.2) is 38.8 Å². The summed E-state index contributed by atoms with van der Waals surface area (Å²) in [6.45, 7) is 4.23. The zero-order valence-corrected chi connectivity index (χ0v) is 19.1. The minimum Gasteiger partial charge on any atom is -0.497 e. The number of nitrogens with zero attached hydrogens (tertiary/aromatic N) is 1. The zero-order valence-electron chi connectivity index (χ0n) is 18.2. The maximum atomic E-state index is 13.0. The van der Waals surface area contributed by atoms with E-state index in [-0.39, 0.29) is 10.6 Å².